The Balaban J connectivity index is 2.85. The molecule has 0 aromatic rings. The second kappa shape index (κ2) is 6.93. The lowest BCUT2D eigenvalue weighted by Gasteiger charge is -2.39. The molecule has 0 aromatic carbocycles. The van der Waals surface area contributed by atoms with E-state index in [2.05, 4.69) is 0 Å². The van der Waals surface area contributed by atoms with Gasteiger partial charge in [0.25, 0.3) is 0 Å². The summed E-state index contributed by atoms with van der Waals surface area (Å²) >= 11 is 0. The van der Waals surface area contributed by atoms with Crippen LogP contribution >= 0.6 is 0 Å². The molecule has 0 saturated heterocycles. The van der Waals surface area contributed by atoms with Crippen LogP contribution in [0.5, 0.6) is 0 Å². The van der Waals surface area contributed by atoms with Gasteiger partial charge in [0.15, 0.2) is 0 Å². The molecule has 1 rings (SSSR count). The van der Waals surface area contributed by atoms with Gasteiger partial charge in [0.1, 0.15) is 6.10 Å². The van der Waals surface area contributed by atoms with E-state index in [-0.39, 0.29) is 12.1 Å². The number of hydrogen-bond acceptors (Lipinski definition) is 3. The maximum atomic E-state index is 12.4. The summed E-state index contributed by atoms with van der Waals surface area (Å²) in [5.41, 5.74) is -0.831. The highest BCUT2D eigenvalue weighted by molar-refractivity contribution is 5.76. The van der Waals surface area contributed by atoms with E-state index in [0.717, 1.165) is 19.3 Å². The minimum absolute atomic E-state index is 0.0929. The SMILES string of the molecule is CCOC(C)(C)C(OC(=O)C(C)(C)CC)C1CCCC1. The number of rotatable bonds is 7. The first kappa shape index (κ1) is 17.5. The molecule has 1 unspecified atom stereocenters. The smallest absolute Gasteiger partial charge is 0.311 e. The van der Waals surface area contributed by atoms with Crippen molar-refractivity contribution in [2.45, 2.75) is 85.4 Å². The molecule has 0 aliphatic heterocycles. The van der Waals surface area contributed by atoms with Gasteiger partial charge >= 0.3 is 5.97 Å². The average molecular weight is 284 g/mol. The fourth-order valence-corrected chi connectivity index (χ4v) is 2.94. The third-order valence-electron chi connectivity index (χ3n) is 4.70. The summed E-state index contributed by atoms with van der Waals surface area (Å²) in [5.74, 6) is 0.345. The zero-order valence-corrected chi connectivity index (χ0v) is 14.1. The standard InChI is InChI=1S/C17H32O3/c1-7-16(3,4)15(18)20-14(13-11-9-10-12-13)17(5,6)19-8-2/h13-14H,7-12H2,1-6H3. The quantitative estimate of drug-likeness (QED) is 0.652. The van der Waals surface area contributed by atoms with E-state index < -0.39 is 11.0 Å². The molecule has 0 spiro atoms. The Morgan fingerprint density at radius 1 is 1.15 bits per heavy atom. The van der Waals surface area contributed by atoms with Gasteiger partial charge in [0.2, 0.25) is 0 Å². The van der Waals surface area contributed by atoms with Crippen LogP contribution in [0.2, 0.25) is 0 Å². The third kappa shape index (κ3) is 4.21. The van der Waals surface area contributed by atoms with Gasteiger partial charge in [0, 0.05) is 6.61 Å². The van der Waals surface area contributed by atoms with Gasteiger partial charge in [-0.2, -0.15) is 0 Å². The summed E-state index contributed by atoms with van der Waals surface area (Å²) in [6, 6.07) is 0. The summed E-state index contributed by atoms with van der Waals surface area (Å²) in [5, 5.41) is 0. The normalized spacial score (nSPS) is 19.1. The number of hydrogen-bond donors (Lipinski definition) is 0. The largest absolute Gasteiger partial charge is 0.459 e. The van der Waals surface area contributed by atoms with Crippen LogP contribution in [0, 0.1) is 11.3 Å². The Hall–Kier alpha value is -0.570. The molecule has 0 aromatic heterocycles. The third-order valence-corrected chi connectivity index (χ3v) is 4.70. The van der Waals surface area contributed by atoms with Crippen LogP contribution in [0.1, 0.15) is 73.6 Å². The molecule has 0 bridgehead atoms. The highest BCUT2D eigenvalue weighted by Crippen LogP contribution is 2.37. The minimum atomic E-state index is -0.418. The molecule has 3 nitrogen and oxygen atoms in total. The molecule has 0 amide bonds. The summed E-state index contributed by atoms with van der Waals surface area (Å²) in [4.78, 5) is 12.4. The molecule has 0 radical (unpaired) electrons. The first-order valence-electron chi connectivity index (χ1n) is 8.09. The first-order chi connectivity index (χ1) is 9.24. The van der Waals surface area contributed by atoms with Crippen LogP contribution in [0.4, 0.5) is 0 Å². The van der Waals surface area contributed by atoms with Crippen LogP contribution in [0.15, 0.2) is 0 Å². The molecule has 1 fully saturated rings. The Morgan fingerprint density at radius 3 is 2.15 bits per heavy atom. The predicted octanol–water partition coefficient (Wildman–Crippen LogP) is 4.34. The zero-order chi connectivity index (χ0) is 15.4. The molecular formula is C17H32O3. The topological polar surface area (TPSA) is 35.5 Å². The molecule has 1 aliphatic rings. The van der Waals surface area contributed by atoms with E-state index in [4.69, 9.17) is 9.47 Å². The second-order valence-electron chi connectivity index (χ2n) is 7.14. The van der Waals surface area contributed by atoms with E-state index in [1.165, 1.54) is 12.8 Å². The van der Waals surface area contributed by atoms with Gasteiger partial charge in [-0.05, 0) is 59.8 Å². The van der Waals surface area contributed by atoms with Crippen molar-refractivity contribution in [3.05, 3.63) is 0 Å². The van der Waals surface area contributed by atoms with Crippen LogP contribution in [-0.2, 0) is 14.3 Å². The minimum Gasteiger partial charge on any atom is -0.459 e. The van der Waals surface area contributed by atoms with E-state index in [9.17, 15) is 4.79 Å². The molecule has 1 atom stereocenters. The Morgan fingerprint density at radius 2 is 1.70 bits per heavy atom. The zero-order valence-electron chi connectivity index (χ0n) is 14.1. The average Bonchev–Trinajstić information content (AvgIpc) is 2.88. The van der Waals surface area contributed by atoms with Crippen molar-refractivity contribution >= 4 is 5.97 Å². The Bertz CT molecular complexity index is 314. The van der Waals surface area contributed by atoms with E-state index in [1.807, 2.05) is 41.5 Å². The summed E-state index contributed by atoms with van der Waals surface area (Å²) in [6.07, 6.45) is 5.40. The van der Waals surface area contributed by atoms with Crippen molar-refractivity contribution < 1.29 is 14.3 Å². The lowest BCUT2D eigenvalue weighted by Crippen LogP contribution is -2.48. The van der Waals surface area contributed by atoms with Crippen molar-refractivity contribution in [3.63, 3.8) is 0 Å². The van der Waals surface area contributed by atoms with Gasteiger partial charge in [-0.15, -0.1) is 0 Å². The second-order valence-corrected chi connectivity index (χ2v) is 7.14. The van der Waals surface area contributed by atoms with Crippen LogP contribution in [-0.4, -0.2) is 24.3 Å². The molecule has 1 aliphatic carbocycles. The predicted molar refractivity (Wildman–Crippen MR) is 81.6 cm³/mol. The van der Waals surface area contributed by atoms with Gasteiger partial charge in [-0.1, -0.05) is 19.8 Å². The van der Waals surface area contributed by atoms with Gasteiger partial charge in [-0.3, -0.25) is 4.79 Å². The molecule has 0 heterocycles. The lowest BCUT2D eigenvalue weighted by molar-refractivity contribution is -0.185. The highest BCUT2D eigenvalue weighted by atomic mass is 16.6. The molecule has 118 valence electrons. The van der Waals surface area contributed by atoms with Gasteiger partial charge in [-0.25, -0.2) is 0 Å². The molecule has 3 heteroatoms. The lowest BCUT2D eigenvalue weighted by atomic mass is 9.86. The van der Waals surface area contributed by atoms with Crippen LogP contribution < -0.4 is 0 Å². The van der Waals surface area contributed by atoms with Crippen molar-refractivity contribution in [1.29, 1.82) is 0 Å². The molecule has 0 N–H and O–H groups in total. The summed E-state index contributed by atoms with van der Waals surface area (Å²) in [6.45, 7) is 12.7. The van der Waals surface area contributed by atoms with Crippen LogP contribution in [0.3, 0.4) is 0 Å². The van der Waals surface area contributed by atoms with Crippen molar-refractivity contribution in [3.8, 4) is 0 Å². The number of esters is 1. The maximum absolute atomic E-state index is 12.4. The Labute approximate surface area is 124 Å². The maximum Gasteiger partial charge on any atom is 0.311 e. The fourth-order valence-electron chi connectivity index (χ4n) is 2.94. The number of ether oxygens (including phenoxy) is 2. The number of carbonyl (C=O) groups is 1. The fraction of sp³-hybridized carbons (Fsp3) is 0.941. The monoisotopic (exact) mass is 284 g/mol. The van der Waals surface area contributed by atoms with Crippen molar-refractivity contribution in [1.82, 2.24) is 0 Å². The summed E-state index contributed by atoms with van der Waals surface area (Å²) in [7, 11) is 0. The van der Waals surface area contributed by atoms with Crippen LogP contribution in [0.25, 0.3) is 0 Å². The van der Waals surface area contributed by atoms with Crippen molar-refractivity contribution in [2.75, 3.05) is 6.61 Å². The first-order valence-corrected chi connectivity index (χ1v) is 8.09. The molecule has 20 heavy (non-hydrogen) atoms. The van der Waals surface area contributed by atoms with E-state index >= 15 is 0 Å². The van der Waals surface area contributed by atoms with E-state index in [1.54, 1.807) is 0 Å². The van der Waals surface area contributed by atoms with Gasteiger partial charge in [0.05, 0.1) is 11.0 Å². The Kier molecular flexibility index (Phi) is 6.06. The highest BCUT2D eigenvalue weighted by Gasteiger charge is 2.42. The molecule has 1 saturated carbocycles. The molecular weight excluding hydrogens is 252 g/mol. The van der Waals surface area contributed by atoms with Gasteiger partial charge < -0.3 is 9.47 Å². The van der Waals surface area contributed by atoms with E-state index in [0.29, 0.717) is 12.5 Å². The van der Waals surface area contributed by atoms with Crippen molar-refractivity contribution in [2.24, 2.45) is 11.3 Å². The summed E-state index contributed by atoms with van der Waals surface area (Å²) < 4.78 is 11.8. The number of carbonyl (C=O) groups excluding carboxylic acids is 1.